The number of aliphatic hydroxyl groups excluding tert-OH is 1. The fraction of sp³-hybridized carbons (Fsp3) is 0.429. The third kappa shape index (κ3) is 3.47. The number of ether oxygens (including phenoxy) is 2. The maximum Gasteiger partial charge on any atom is 0.165 e. The average molecular weight is 357 g/mol. The number of hydrogen-bond donors (Lipinski definition) is 1. The predicted octanol–water partition coefficient (Wildman–Crippen LogP) is 3.09. The van der Waals surface area contributed by atoms with Gasteiger partial charge in [-0.3, -0.25) is 0 Å². The van der Waals surface area contributed by atoms with Crippen molar-refractivity contribution in [3.05, 3.63) is 65.5 Å². The molecule has 2 heterocycles. The van der Waals surface area contributed by atoms with E-state index in [1.807, 2.05) is 0 Å². The highest BCUT2D eigenvalue weighted by Gasteiger charge is 2.42. The van der Waals surface area contributed by atoms with Gasteiger partial charge in [-0.05, 0) is 36.1 Å². The maximum atomic E-state index is 13.6. The number of rotatable bonds is 5. The molecule has 1 N–H and O–H groups in total. The molecule has 0 bridgehead atoms. The molecule has 5 heteroatoms. The standard InChI is InChI=1S/C21H24FNO3/c22-19-7-3-4-8-20(19)25-15-17(24)13-23-11-9-21(10-12-23)18-6-2-1-5-16(18)14-26-21/h1-8,17,24H,9-15H2. The Bertz CT molecular complexity index is 758. The van der Waals surface area contributed by atoms with Crippen molar-refractivity contribution in [2.24, 2.45) is 0 Å². The number of halogens is 1. The van der Waals surface area contributed by atoms with Crippen LogP contribution < -0.4 is 4.74 Å². The van der Waals surface area contributed by atoms with Crippen molar-refractivity contribution >= 4 is 0 Å². The zero-order valence-electron chi connectivity index (χ0n) is 14.7. The van der Waals surface area contributed by atoms with Crippen LogP contribution in [0.25, 0.3) is 0 Å². The van der Waals surface area contributed by atoms with Crippen molar-refractivity contribution in [3.63, 3.8) is 0 Å². The van der Waals surface area contributed by atoms with E-state index in [1.54, 1.807) is 18.2 Å². The molecule has 1 fully saturated rings. The van der Waals surface area contributed by atoms with Crippen molar-refractivity contribution in [2.45, 2.75) is 31.2 Å². The molecule has 2 aromatic rings. The molecule has 0 aliphatic carbocycles. The summed E-state index contributed by atoms with van der Waals surface area (Å²) in [6, 6.07) is 14.7. The summed E-state index contributed by atoms with van der Waals surface area (Å²) in [5, 5.41) is 10.2. The van der Waals surface area contributed by atoms with Gasteiger partial charge in [0.05, 0.1) is 12.2 Å². The Balaban J connectivity index is 1.28. The number of piperidine rings is 1. The van der Waals surface area contributed by atoms with Gasteiger partial charge in [-0.2, -0.15) is 0 Å². The molecule has 2 aromatic carbocycles. The maximum absolute atomic E-state index is 13.6. The molecule has 2 aliphatic heterocycles. The van der Waals surface area contributed by atoms with E-state index in [9.17, 15) is 9.50 Å². The third-order valence-electron chi connectivity index (χ3n) is 5.41. The van der Waals surface area contributed by atoms with Crippen LogP contribution in [-0.4, -0.2) is 42.4 Å². The van der Waals surface area contributed by atoms with E-state index in [2.05, 4.69) is 29.2 Å². The van der Waals surface area contributed by atoms with Gasteiger partial charge in [0.15, 0.2) is 11.6 Å². The number of fused-ring (bicyclic) bond motifs is 2. The molecule has 26 heavy (non-hydrogen) atoms. The Morgan fingerprint density at radius 3 is 2.65 bits per heavy atom. The predicted molar refractivity (Wildman–Crippen MR) is 96.5 cm³/mol. The lowest BCUT2D eigenvalue weighted by Crippen LogP contribution is -2.46. The lowest BCUT2D eigenvalue weighted by molar-refractivity contribution is -0.0836. The fourth-order valence-corrected chi connectivity index (χ4v) is 3.99. The number of para-hydroxylation sites is 1. The van der Waals surface area contributed by atoms with Crippen molar-refractivity contribution < 1.29 is 19.0 Å². The average Bonchev–Trinajstić information content (AvgIpc) is 3.02. The SMILES string of the molecule is OC(COc1ccccc1F)CN1CCC2(CC1)OCc1ccccc12. The summed E-state index contributed by atoms with van der Waals surface area (Å²) in [7, 11) is 0. The Kier molecular flexibility index (Phi) is 4.94. The molecular weight excluding hydrogens is 333 g/mol. The Morgan fingerprint density at radius 2 is 1.85 bits per heavy atom. The molecular formula is C21H24FNO3. The van der Waals surface area contributed by atoms with Crippen LogP contribution in [0.5, 0.6) is 5.75 Å². The molecule has 2 aliphatic rings. The molecule has 1 spiro atoms. The largest absolute Gasteiger partial charge is 0.488 e. The number of β-amino-alcohol motifs (C(OH)–C–C–N with tert-alkyl or cyclic N) is 1. The smallest absolute Gasteiger partial charge is 0.165 e. The van der Waals surface area contributed by atoms with E-state index in [-0.39, 0.29) is 18.0 Å². The fourth-order valence-electron chi connectivity index (χ4n) is 3.99. The van der Waals surface area contributed by atoms with Crippen molar-refractivity contribution in [1.82, 2.24) is 4.90 Å². The van der Waals surface area contributed by atoms with Gasteiger partial charge in [-0.1, -0.05) is 36.4 Å². The zero-order chi connectivity index (χ0) is 18.0. The molecule has 1 saturated heterocycles. The van der Waals surface area contributed by atoms with Crippen LogP contribution in [0.4, 0.5) is 4.39 Å². The Hall–Kier alpha value is -1.95. The highest BCUT2D eigenvalue weighted by molar-refractivity contribution is 5.35. The molecule has 0 aromatic heterocycles. The highest BCUT2D eigenvalue weighted by atomic mass is 19.1. The van der Waals surface area contributed by atoms with E-state index in [1.165, 1.54) is 17.2 Å². The summed E-state index contributed by atoms with van der Waals surface area (Å²) in [4.78, 5) is 2.23. The third-order valence-corrected chi connectivity index (χ3v) is 5.41. The van der Waals surface area contributed by atoms with Gasteiger partial charge in [0.25, 0.3) is 0 Å². The second kappa shape index (κ2) is 7.35. The van der Waals surface area contributed by atoms with E-state index in [4.69, 9.17) is 9.47 Å². The number of likely N-dealkylation sites (tertiary alicyclic amines) is 1. The van der Waals surface area contributed by atoms with Crippen LogP contribution in [0.3, 0.4) is 0 Å². The summed E-state index contributed by atoms with van der Waals surface area (Å²) in [6.07, 6.45) is 1.19. The molecule has 4 rings (SSSR count). The molecule has 1 unspecified atom stereocenters. The summed E-state index contributed by atoms with van der Waals surface area (Å²) < 4.78 is 25.1. The zero-order valence-corrected chi connectivity index (χ0v) is 14.7. The normalized spacial score (nSPS) is 20.1. The van der Waals surface area contributed by atoms with Gasteiger partial charge in [-0.25, -0.2) is 4.39 Å². The lowest BCUT2D eigenvalue weighted by atomic mass is 9.84. The molecule has 0 saturated carbocycles. The molecule has 138 valence electrons. The summed E-state index contributed by atoms with van der Waals surface area (Å²) in [5.74, 6) is -0.225. The van der Waals surface area contributed by atoms with Crippen LogP contribution in [0.1, 0.15) is 24.0 Å². The number of benzene rings is 2. The first-order valence-corrected chi connectivity index (χ1v) is 9.16. The van der Waals surface area contributed by atoms with Gasteiger partial charge in [-0.15, -0.1) is 0 Å². The second-order valence-electron chi connectivity index (χ2n) is 7.14. The topological polar surface area (TPSA) is 41.9 Å². The molecule has 4 nitrogen and oxygen atoms in total. The first-order valence-electron chi connectivity index (χ1n) is 9.16. The van der Waals surface area contributed by atoms with E-state index in [0.717, 1.165) is 25.9 Å². The van der Waals surface area contributed by atoms with Gasteiger partial charge in [0.1, 0.15) is 12.7 Å². The summed E-state index contributed by atoms with van der Waals surface area (Å²) in [5.41, 5.74) is 2.45. The molecule has 1 atom stereocenters. The quantitative estimate of drug-likeness (QED) is 0.893. The first kappa shape index (κ1) is 17.5. The highest BCUT2D eigenvalue weighted by Crippen LogP contribution is 2.43. The monoisotopic (exact) mass is 357 g/mol. The summed E-state index contributed by atoms with van der Waals surface area (Å²) >= 11 is 0. The van der Waals surface area contributed by atoms with Crippen LogP contribution in [0, 0.1) is 5.82 Å². The van der Waals surface area contributed by atoms with E-state index >= 15 is 0 Å². The minimum atomic E-state index is -0.652. The van der Waals surface area contributed by atoms with Crippen molar-refractivity contribution in [3.8, 4) is 5.75 Å². The van der Waals surface area contributed by atoms with Crippen LogP contribution >= 0.6 is 0 Å². The molecule has 0 amide bonds. The second-order valence-corrected chi connectivity index (χ2v) is 7.14. The van der Waals surface area contributed by atoms with Gasteiger partial charge in [0, 0.05) is 19.6 Å². The number of nitrogens with zero attached hydrogens (tertiary/aromatic N) is 1. The van der Waals surface area contributed by atoms with E-state index < -0.39 is 11.9 Å². The van der Waals surface area contributed by atoms with Crippen LogP contribution in [-0.2, 0) is 16.9 Å². The van der Waals surface area contributed by atoms with Gasteiger partial charge in [0.2, 0.25) is 0 Å². The van der Waals surface area contributed by atoms with Crippen LogP contribution in [0.15, 0.2) is 48.5 Å². The minimum absolute atomic E-state index is 0.0852. The van der Waals surface area contributed by atoms with Crippen molar-refractivity contribution in [1.29, 1.82) is 0 Å². The van der Waals surface area contributed by atoms with Gasteiger partial charge >= 0.3 is 0 Å². The van der Waals surface area contributed by atoms with Gasteiger partial charge < -0.3 is 19.5 Å². The first-order chi connectivity index (χ1) is 12.7. The van der Waals surface area contributed by atoms with Crippen molar-refractivity contribution in [2.75, 3.05) is 26.2 Å². The number of aliphatic hydroxyl groups is 1. The summed E-state index contributed by atoms with van der Waals surface area (Å²) in [6.45, 7) is 3.03. The number of hydrogen-bond acceptors (Lipinski definition) is 4. The lowest BCUT2D eigenvalue weighted by Gasteiger charge is -2.39. The molecule has 0 radical (unpaired) electrons. The minimum Gasteiger partial charge on any atom is -0.488 e. The Labute approximate surface area is 153 Å². The van der Waals surface area contributed by atoms with E-state index in [0.29, 0.717) is 13.2 Å². The Morgan fingerprint density at radius 1 is 1.12 bits per heavy atom. The van der Waals surface area contributed by atoms with Crippen LogP contribution in [0.2, 0.25) is 0 Å².